The van der Waals surface area contributed by atoms with Crippen LogP contribution in [0.3, 0.4) is 0 Å². The van der Waals surface area contributed by atoms with Crippen molar-refractivity contribution in [1.29, 1.82) is 0 Å². The highest BCUT2D eigenvalue weighted by Crippen LogP contribution is 2.24. The van der Waals surface area contributed by atoms with Crippen molar-refractivity contribution in [3.05, 3.63) is 65.2 Å². The maximum Gasteiger partial charge on any atom is 0.253 e. The van der Waals surface area contributed by atoms with Gasteiger partial charge in [0.15, 0.2) is 0 Å². The zero-order valence-corrected chi connectivity index (χ0v) is 24.0. The number of hydrogen-bond acceptors (Lipinski definition) is 5. The Labute approximate surface area is 224 Å². The van der Waals surface area contributed by atoms with Crippen LogP contribution < -0.4 is 10.0 Å². The second kappa shape index (κ2) is 14.5. The van der Waals surface area contributed by atoms with Crippen LogP contribution in [-0.2, 0) is 27.8 Å². The van der Waals surface area contributed by atoms with Gasteiger partial charge in [0.25, 0.3) is 5.91 Å². The van der Waals surface area contributed by atoms with Crippen LogP contribution in [0.4, 0.5) is 5.69 Å². The van der Waals surface area contributed by atoms with Gasteiger partial charge in [-0.25, -0.2) is 8.42 Å². The van der Waals surface area contributed by atoms with Crippen molar-refractivity contribution < 1.29 is 17.9 Å². The van der Waals surface area contributed by atoms with Gasteiger partial charge in [-0.3, -0.25) is 9.10 Å². The Bertz CT molecular complexity index is 1090. The molecule has 0 saturated carbocycles. The summed E-state index contributed by atoms with van der Waals surface area (Å²) in [5.41, 5.74) is 8.78. The van der Waals surface area contributed by atoms with Gasteiger partial charge in [-0.2, -0.15) is 0 Å². The molecule has 0 aliphatic heterocycles. The van der Waals surface area contributed by atoms with Crippen LogP contribution in [0.15, 0.2) is 48.5 Å². The molecule has 1 atom stereocenters. The van der Waals surface area contributed by atoms with E-state index in [4.69, 9.17) is 10.5 Å². The molecule has 2 aromatic rings. The average molecular weight is 532 g/mol. The Kier molecular flexibility index (Phi) is 12.1. The lowest BCUT2D eigenvalue weighted by Crippen LogP contribution is -2.43. The second-order valence-electron chi connectivity index (χ2n) is 10.2. The SMILES string of the molecule is CCCCN(CCC)C(=O)c1cc(COCC(C)(N)Cc2ccccc2)cc(N(CCC)S(C)(=O)=O)c1. The van der Waals surface area contributed by atoms with Crippen molar-refractivity contribution >= 4 is 21.6 Å². The number of benzene rings is 2. The minimum atomic E-state index is -3.51. The highest BCUT2D eigenvalue weighted by atomic mass is 32.2. The third-order valence-electron chi connectivity index (χ3n) is 6.05. The molecular formula is C29H45N3O4S. The van der Waals surface area contributed by atoms with Crippen LogP contribution in [0.1, 0.15) is 74.9 Å². The van der Waals surface area contributed by atoms with E-state index in [0.717, 1.165) is 30.4 Å². The van der Waals surface area contributed by atoms with E-state index in [1.165, 1.54) is 10.6 Å². The van der Waals surface area contributed by atoms with Crippen LogP contribution >= 0.6 is 0 Å². The van der Waals surface area contributed by atoms with Gasteiger partial charge >= 0.3 is 0 Å². The molecule has 37 heavy (non-hydrogen) atoms. The molecule has 0 spiro atoms. The lowest BCUT2D eigenvalue weighted by Gasteiger charge is -2.26. The summed E-state index contributed by atoms with van der Waals surface area (Å²) in [4.78, 5) is 15.4. The van der Waals surface area contributed by atoms with Crippen LogP contribution in [0.2, 0.25) is 0 Å². The fraction of sp³-hybridized carbons (Fsp3) is 0.552. The minimum Gasteiger partial charge on any atom is -0.375 e. The Morgan fingerprint density at radius 2 is 1.62 bits per heavy atom. The van der Waals surface area contributed by atoms with Crippen molar-refractivity contribution in [2.24, 2.45) is 5.73 Å². The van der Waals surface area contributed by atoms with Gasteiger partial charge in [0.1, 0.15) is 0 Å². The van der Waals surface area contributed by atoms with Gasteiger partial charge in [0, 0.05) is 30.7 Å². The zero-order chi connectivity index (χ0) is 27.5. The maximum absolute atomic E-state index is 13.5. The molecule has 2 N–H and O–H groups in total. The standard InChI is InChI=1S/C29H45N3O4S/c1-6-9-17-31(15-7-2)28(33)26-18-25(19-27(20-26)32(16-8-3)37(5,34)35)22-36-23-29(4,30)21-24-13-11-10-12-14-24/h10-14,18-20H,6-9,15-17,21-23,30H2,1-5H3. The summed E-state index contributed by atoms with van der Waals surface area (Å²) in [6, 6.07) is 15.3. The number of rotatable bonds is 16. The molecule has 1 unspecified atom stereocenters. The number of sulfonamides is 1. The van der Waals surface area contributed by atoms with E-state index in [0.29, 0.717) is 50.3 Å². The highest BCUT2D eigenvalue weighted by Gasteiger charge is 2.23. The number of carbonyl (C=O) groups is 1. The molecule has 8 heteroatoms. The first-order valence-electron chi connectivity index (χ1n) is 13.3. The first kappa shape index (κ1) is 30.8. The van der Waals surface area contributed by atoms with Crippen molar-refractivity contribution in [2.45, 2.75) is 71.9 Å². The molecule has 0 radical (unpaired) electrons. The first-order chi connectivity index (χ1) is 17.5. The summed E-state index contributed by atoms with van der Waals surface area (Å²) in [7, 11) is -3.51. The summed E-state index contributed by atoms with van der Waals surface area (Å²) < 4.78 is 32.6. The topological polar surface area (TPSA) is 92.9 Å². The van der Waals surface area contributed by atoms with Crippen LogP contribution in [0.25, 0.3) is 0 Å². The van der Waals surface area contributed by atoms with Gasteiger partial charge < -0.3 is 15.4 Å². The minimum absolute atomic E-state index is 0.0870. The molecule has 0 heterocycles. The van der Waals surface area contributed by atoms with Gasteiger partial charge in [0.2, 0.25) is 10.0 Å². The van der Waals surface area contributed by atoms with Gasteiger partial charge in [-0.15, -0.1) is 0 Å². The quantitative estimate of drug-likeness (QED) is 0.329. The summed E-state index contributed by atoms with van der Waals surface area (Å²) in [6.45, 7) is 10.2. The molecule has 7 nitrogen and oxygen atoms in total. The van der Waals surface area contributed by atoms with E-state index in [2.05, 4.69) is 6.92 Å². The first-order valence-corrected chi connectivity index (χ1v) is 15.2. The van der Waals surface area contributed by atoms with Crippen LogP contribution in [0.5, 0.6) is 0 Å². The third-order valence-corrected chi connectivity index (χ3v) is 7.25. The number of ether oxygens (including phenoxy) is 1. The summed E-state index contributed by atoms with van der Waals surface area (Å²) in [5.74, 6) is -0.0870. The smallest absolute Gasteiger partial charge is 0.253 e. The zero-order valence-electron chi connectivity index (χ0n) is 23.2. The Balaban J connectivity index is 2.32. The number of unbranched alkanes of at least 4 members (excludes halogenated alkanes) is 1. The number of anilines is 1. The highest BCUT2D eigenvalue weighted by molar-refractivity contribution is 7.92. The maximum atomic E-state index is 13.5. The third kappa shape index (κ3) is 10.1. The lowest BCUT2D eigenvalue weighted by atomic mass is 9.95. The molecule has 0 fully saturated rings. The predicted molar refractivity (Wildman–Crippen MR) is 152 cm³/mol. The van der Waals surface area contributed by atoms with Crippen molar-refractivity contribution in [2.75, 3.05) is 36.8 Å². The van der Waals surface area contributed by atoms with Gasteiger partial charge in [0.05, 0.1) is 25.2 Å². The number of nitrogens with two attached hydrogens (primary N) is 1. The fourth-order valence-corrected chi connectivity index (χ4v) is 5.35. The number of carbonyl (C=O) groups excluding carboxylic acids is 1. The molecule has 0 aliphatic rings. The van der Waals surface area contributed by atoms with E-state index in [1.807, 2.05) is 62.1 Å². The molecule has 0 saturated heterocycles. The van der Waals surface area contributed by atoms with E-state index in [-0.39, 0.29) is 12.5 Å². The van der Waals surface area contributed by atoms with Gasteiger partial charge in [-0.05, 0) is 61.9 Å². The summed E-state index contributed by atoms with van der Waals surface area (Å²) >= 11 is 0. The number of hydrogen-bond donors (Lipinski definition) is 1. The Morgan fingerprint density at radius 3 is 2.22 bits per heavy atom. The molecule has 2 rings (SSSR count). The molecule has 206 valence electrons. The van der Waals surface area contributed by atoms with E-state index in [1.54, 1.807) is 12.1 Å². The number of amides is 1. The van der Waals surface area contributed by atoms with E-state index >= 15 is 0 Å². The fourth-order valence-electron chi connectivity index (χ4n) is 4.35. The van der Waals surface area contributed by atoms with E-state index < -0.39 is 15.6 Å². The van der Waals surface area contributed by atoms with Crippen molar-refractivity contribution in [3.8, 4) is 0 Å². The van der Waals surface area contributed by atoms with Crippen molar-refractivity contribution in [1.82, 2.24) is 4.90 Å². The molecule has 1 amide bonds. The normalized spacial score (nSPS) is 13.2. The average Bonchev–Trinajstić information content (AvgIpc) is 2.84. The largest absolute Gasteiger partial charge is 0.375 e. The molecule has 0 aromatic heterocycles. The van der Waals surface area contributed by atoms with Crippen LogP contribution in [-0.4, -0.2) is 57.3 Å². The van der Waals surface area contributed by atoms with Crippen molar-refractivity contribution in [3.63, 3.8) is 0 Å². The molecule has 0 aliphatic carbocycles. The second-order valence-corrected chi connectivity index (χ2v) is 12.1. The Hall–Kier alpha value is -2.42. The summed E-state index contributed by atoms with van der Waals surface area (Å²) in [5, 5.41) is 0. The Morgan fingerprint density at radius 1 is 0.946 bits per heavy atom. The summed E-state index contributed by atoms with van der Waals surface area (Å²) in [6.07, 6.45) is 5.28. The molecule has 2 aromatic carbocycles. The monoisotopic (exact) mass is 531 g/mol. The predicted octanol–water partition coefficient (Wildman–Crippen LogP) is 4.99. The molecule has 0 bridgehead atoms. The van der Waals surface area contributed by atoms with E-state index in [9.17, 15) is 13.2 Å². The lowest BCUT2D eigenvalue weighted by molar-refractivity contribution is 0.0747. The number of nitrogens with zero attached hydrogens (tertiary/aromatic N) is 2. The van der Waals surface area contributed by atoms with Crippen LogP contribution in [0, 0.1) is 0 Å². The molecular weight excluding hydrogens is 486 g/mol. The van der Waals surface area contributed by atoms with Gasteiger partial charge in [-0.1, -0.05) is 57.5 Å².